The molecule has 4 nitrogen and oxygen atoms in total. The number of aromatic nitrogens is 1. The summed E-state index contributed by atoms with van der Waals surface area (Å²) < 4.78 is 14.9. The van der Waals surface area contributed by atoms with Gasteiger partial charge in [-0.15, -0.1) is 0 Å². The molecule has 0 saturated heterocycles. The Morgan fingerprint density at radius 3 is 2.68 bits per heavy atom. The Balaban J connectivity index is 1.34. The summed E-state index contributed by atoms with van der Waals surface area (Å²) in [6.07, 6.45) is 11.4. The van der Waals surface area contributed by atoms with E-state index in [0.717, 1.165) is 23.3 Å². The molecule has 170 valence electrons. The van der Waals surface area contributed by atoms with Gasteiger partial charge in [-0.2, -0.15) is 4.39 Å². The van der Waals surface area contributed by atoms with Gasteiger partial charge in [-0.3, -0.25) is 9.79 Å². The van der Waals surface area contributed by atoms with Gasteiger partial charge in [0.15, 0.2) is 0 Å². The first-order valence-corrected chi connectivity index (χ1v) is 11.7. The van der Waals surface area contributed by atoms with Crippen LogP contribution in [0.4, 0.5) is 4.39 Å². The summed E-state index contributed by atoms with van der Waals surface area (Å²) in [7, 11) is 0. The van der Waals surface area contributed by atoms with E-state index in [1.807, 2.05) is 25.2 Å². The van der Waals surface area contributed by atoms with Gasteiger partial charge >= 0.3 is 0 Å². The highest BCUT2D eigenvalue weighted by Gasteiger charge is 2.33. The van der Waals surface area contributed by atoms with E-state index in [9.17, 15) is 9.18 Å². The average Bonchev–Trinajstić information content (AvgIpc) is 3.65. The van der Waals surface area contributed by atoms with Crippen LogP contribution in [-0.2, 0) is 0 Å². The van der Waals surface area contributed by atoms with E-state index in [1.54, 1.807) is 12.1 Å². The number of carbonyl (C=O) groups excluding carboxylic acids is 1. The number of ketones is 1. The number of carbonyl (C=O) groups is 1. The lowest BCUT2D eigenvalue weighted by Crippen LogP contribution is -2.30. The Kier molecular flexibility index (Phi) is 6.01. The van der Waals surface area contributed by atoms with E-state index < -0.39 is 11.7 Å². The third-order valence-corrected chi connectivity index (χ3v) is 6.22. The van der Waals surface area contributed by atoms with Crippen LogP contribution in [0.25, 0.3) is 12.2 Å². The first-order chi connectivity index (χ1) is 16.5. The first-order valence-electron chi connectivity index (χ1n) is 11.7. The molecular weight excluding hydrogens is 425 g/mol. The maximum atomic E-state index is 14.9. The molecule has 2 heterocycles. The molecule has 0 bridgehead atoms. The molecule has 2 aromatic rings. The third-order valence-electron chi connectivity index (χ3n) is 6.22. The van der Waals surface area contributed by atoms with Crippen LogP contribution >= 0.6 is 0 Å². The van der Waals surface area contributed by atoms with Crippen molar-refractivity contribution in [3.05, 3.63) is 100 Å². The van der Waals surface area contributed by atoms with Crippen LogP contribution in [0.1, 0.15) is 65.7 Å². The molecule has 0 spiro atoms. The molecule has 0 atom stereocenters. The number of hydrogen-bond acceptors (Lipinski definition) is 4. The molecule has 1 fully saturated rings. The number of nitrogens with zero attached hydrogens (tertiary/aromatic N) is 3. The molecule has 3 aliphatic rings. The van der Waals surface area contributed by atoms with Crippen molar-refractivity contribution < 1.29 is 9.18 Å². The van der Waals surface area contributed by atoms with Crippen molar-refractivity contribution in [1.82, 2.24) is 4.98 Å². The quantitative estimate of drug-likeness (QED) is 0.285. The smallest absolute Gasteiger partial charge is 0.224 e. The van der Waals surface area contributed by atoms with Crippen molar-refractivity contribution in [1.29, 1.82) is 0 Å². The van der Waals surface area contributed by atoms with Crippen molar-refractivity contribution >= 4 is 29.4 Å². The Bertz CT molecular complexity index is 1320. The fraction of sp³-hybridized carbons (Fsp3) is 0.241. The molecule has 5 rings (SSSR count). The SMILES string of the molecule is C=C1C/C=C\C(=NCC)C2=C(C1)N=C2C(=O)c1ccc(/C=C/c2ccc(C3CC3)cc2)nc1F. The van der Waals surface area contributed by atoms with Gasteiger partial charge in [-0.1, -0.05) is 48.6 Å². The summed E-state index contributed by atoms with van der Waals surface area (Å²) in [5.41, 5.74) is 6.21. The fourth-order valence-corrected chi connectivity index (χ4v) is 4.24. The lowest BCUT2D eigenvalue weighted by atomic mass is 9.87. The van der Waals surface area contributed by atoms with Crippen LogP contribution in [0.3, 0.4) is 0 Å². The summed E-state index contributed by atoms with van der Waals surface area (Å²) in [6, 6.07) is 11.5. The van der Waals surface area contributed by atoms with Gasteiger partial charge in [0, 0.05) is 13.0 Å². The molecule has 1 aliphatic heterocycles. The topological polar surface area (TPSA) is 54.7 Å². The normalized spacial score (nSPS) is 20.0. The molecule has 0 unspecified atom stereocenters. The fourth-order valence-electron chi connectivity index (χ4n) is 4.24. The van der Waals surface area contributed by atoms with Crippen LogP contribution in [0, 0.1) is 5.95 Å². The van der Waals surface area contributed by atoms with Gasteiger partial charge in [0.25, 0.3) is 0 Å². The zero-order chi connectivity index (χ0) is 23.7. The Morgan fingerprint density at radius 2 is 1.97 bits per heavy atom. The number of aliphatic imine (C=N–C) groups is 2. The number of allylic oxidation sites excluding steroid dienone is 4. The van der Waals surface area contributed by atoms with Gasteiger partial charge in [0.05, 0.1) is 28.2 Å². The summed E-state index contributed by atoms with van der Waals surface area (Å²) in [5, 5.41) is 0. The maximum Gasteiger partial charge on any atom is 0.224 e. The molecule has 2 aliphatic carbocycles. The van der Waals surface area contributed by atoms with Crippen LogP contribution in [0.5, 0.6) is 0 Å². The second-order valence-electron chi connectivity index (χ2n) is 8.85. The predicted octanol–water partition coefficient (Wildman–Crippen LogP) is 6.53. The van der Waals surface area contributed by atoms with Gasteiger partial charge in [0.2, 0.25) is 11.7 Å². The first kappa shape index (κ1) is 22.1. The monoisotopic (exact) mass is 451 g/mol. The van der Waals surface area contributed by atoms with E-state index >= 15 is 0 Å². The molecule has 34 heavy (non-hydrogen) atoms. The third kappa shape index (κ3) is 4.51. The minimum Gasteiger partial charge on any atom is -0.287 e. The summed E-state index contributed by atoms with van der Waals surface area (Å²) in [6.45, 7) is 6.58. The molecule has 0 radical (unpaired) electrons. The van der Waals surface area contributed by atoms with Crippen LogP contribution < -0.4 is 0 Å². The number of halogens is 1. The number of rotatable bonds is 6. The van der Waals surface area contributed by atoms with Crippen molar-refractivity contribution in [3.63, 3.8) is 0 Å². The second-order valence-corrected chi connectivity index (χ2v) is 8.85. The van der Waals surface area contributed by atoms with E-state index in [0.29, 0.717) is 35.9 Å². The molecule has 1 aromatic heterocycles. The van der Waals surface area contributed by atoms with E-state index in [1.165, 1.54) is 24.5 Å². The van der Waals surface area contributed by atoms with Gasteiger partial charge in [-0.05, 0) is 67.5 Å². The van der Waals surface area contributed by atoms with Crippen molar-refractivity contribution in [3.8, 4) is 0 Å². The van der Waals surface area contributed by atoms with Gasteiger partial charge < -0.3 is 0 Å². The number of pyridine rings is 1. The lowest BCUT2D eigenvalue weighted by molar-refractivity contribution is 0.106. The van der Waals surface area contributed by atoms with Crippen molar-refractivity contribution in [2.45, 2.75) is 38.5 Å². The van der Waals surface area contributed by atoms with Gasteiger partial charge in [0.1, 0.15) is 5.71 Å². The second kappa shape index (κ2) is 9.26. The van der Waals surface area contributed by atoms with Crippen LogP contribution in [0.2, 0.25) is 0 Å². The summed E-state index contributed by atoms with van der Waals surface area (Å²) in [4.78, 5) is 26.1. The highest BCUT2D eigenvalue weighted by molar-refractivity contribution is 6.59. The number of hydrogen-bond donors (Lipinski definition) is 0. The standard InChI is InChI=1S/C29H26FN3O/c1-3-31-24-6-4-5-18(2)17-25-26(24)27(33-25)28(34)23-16-15-22(32-29(23)30)14-9-19-7-10-20(11-8-19)21-12-13-21/h4,6-11,14-16,21H,2-3,5,12-13,17H2,1H3/b6-4-,14-9+,31-24?. The molecular formula is C29H26FN3O. The number of Topliss-reactive ketones (excluding diaryl/α,β-unsaturated/α-hetero) is 1. The Morgan fingerprint density at radius 1 is 1.18 bits per heavy atom. The van der Waals surface area contributed by atoms with Gasteiger partial charge in [-0.25, -0.2) is 9.98 Å². The molecule has 1 aromatic carbocycles. The molecule has 0 N–H and O–H groups in total. The van der Waals surface area contributed by atoms with Crippen molar-refractivity contribution in [2.24, 2.45) is 9.98 Å². The molecule has 5 heteroatoms. The molecule has 1 saturated carbocycles. The predicted molar refractivity (Wildman–Crippen MR) is 136 cm³/mol. The van der Waals surface area contributed by atoms with Crippen molar-refractivity contribution in [2.75, 3.05) is 6.54 Å². The Hall–Kier alpha value is -3.73. The van der Waals surface area contributed by atoms with Crippen LogP contribution in [-0.4, -0.2) is 28.7 Å². The van der Waals surface area contributed by atoms with E-state index in [4.69, 9.17) is 0 Å². The minimum atomic E-state index is -0.798. The van der Waals surface area contributed by atoms with Crippen LogP contribution in [0.15, 0.2) is 82.0 Å². The zero-order valence-electron chi connectivity index (χ0n) is 19.2. The zero-order valence-corrected chi connectivity index (χ0v) is 19.2. The van der Waals surface area contributed by atoms with E-state index in [-0.39, 0.29) is 11.3 Å². The maximum absolute atomic E-state index is 14.9. The summed E-state index contributed by atoms with van der Waals surface area (Å²) in [5.74, 6) is -0.557. The highest BCUT2D eigenvalue weighted by Crippen LogP contribution is 2.40. The lowest BCUT2D eigenvalue weighted by Gasteiger charge is -2.24. The molecule has 0 amide bonds. The largest absolute Gasteiger partial charge is 0.287 e. The summed E-state index contributed by atoms with van der Waals surface area (Å²) >= 11 is 0. The Labute approximate surface area is 199 Å². The minimum absolute atomic E-state index is 0.0862. The highest BCUT2D eigenvalue weighted by atomic mass is 19.1. The van der Waals surface area contributed by atoms with E-state index in [2.05, 4.69) is 45.8 Å². The average molecular weight is 452 g/mol. The number of benzene rings is 1.